The van der Waals surface area contributed by atoms with E-state index in [1.165, 1.54) is 4.57 Å². The van der Waals surface area contributed by atoms with Gasteiger partial charge in [0, 0.05) is 11.6 Å². The van der Waals surface area contributed by atoms with Crippen LogP contribution in [-0.2, 0) is 9.53 Å². The molecule has 0 radical (unpaired) electrons. The maximum absolute atomic E-state index is 14.0. The smallest absolute Gasteiger partial charge is 0.338 e. The second kappa shape index (κ2) is 13.2. The highest BCUT2D eigenvalue weighted by Gasteiger charge is 2.33. The summed E-state index contributed by atoms with van der Waals surface area (Å²) in [7, 11) is 0. The van der Waals surface area contributed by atoms with Gasteiger partial charge < -0.3 is 14.2 Å². The molecule has 0 unspecified atom stereocenters. The summed E-state index contributed by atoms with van der Waals surface area (Å²) >= 11 is 1.10. The molecule has 236 valence electrons. The van der Waals surface area contributed by atoms with E-state index in [1.807, 2.05) is 13.8 Å². The summed E-state index contributed by atoms with van der Waals surface area (Å²) in [5.41, 5.74) is 0.226. The lowest BCUT2D eigenvalue weighted by Crippen LogP contribution is -2.39. The number of nitrogens with zero attached hydrogens (tertiary/aromatic N) is 4. The largest absolute Gasteiger partial charge is 0.491 e. The summed E-state index contributed by atoms with van der Waals surface area (Å²) in [6, 6.07) is 15.9. The zero-order chi connectivity index (χ0) is 33.1. The van der Waals surface area contributed by atoms with Crippen LogP contribution in [0.25, 0.3) is 6.08 Å². The fourth-order valence-corrected chi connectivity index (χ4v) is 5.95. The Morgan fingerprint density at radius 3 is 2.41 bits per heavy atom. The summed E-state index contributed by atoms with van der Waals surface area (Å²) in [5.74, 6) is 0.00635. The first kappa shape index (κ1) is 31.8. The van der Waals surface area contributed by atoms with Crippen molar-refractivity contribution < 1.29 is 28.9 Å². The molecule has 0 amide bonds. The summed E-state index contributed by atoms with van der Waals surface area (Å²) in [6.07, 6.45) is 1.52. The molecule has 4 aromatic rings. The van der Waals surface area contributed by atoms with Crippen LogP contribution in [0.1, 0.15) is 44.9 Å². The summed E-state index contributed by atoms with van der Waals surface area (Å²) in [4.78, 5) is 53.5. The van der Waals surface area contributed by atoms with Gasteiger partial charge in [0.2, 0.25) is 5.75 Å². The number of carbonyl (C=O) groups is 1. The van der Waals surface area contributed by atoms with Gasteiger partial charge in [-0.2, -0.15) is 0 Å². The Kier molecular flexibility index (Phi) is 9.09. The van der Waals surface area contributed by atoms with Crippen LogP contribution in [0, 0.1) is 20.2 Å². The van der Waals surface area contributed by atoms with Gasteiger partial charge in [0.15, 0.2) is 4.80 Å². The van der Waals surface area contributed by atoms with Gasteiger partial charge in [-0.25, -0.2) is 9.79 Å². The fourth-order valence-electron chi connectivity index (χ4n) is 4.91. The van der Waals surface area contributed by atoms with Crippen LogP contribution < -0.4 is 24.4 Å². The number of esters is 1. The van der Waals surface area contributed by atoms with E-state index in [9.17, 15) is 29.8 Å². The summed E-state index contributed by atoms with van der Waals surface area (Å²) in [6.45, 7) is 7.34. The highest BCUT2D eigenvalue weighted by molar-refractivity contribution is 7.07. The Labute approximate surface area is 265 Å². The molecule has 1 aliphatic rings. The van der Waals surface area contributed by atoms with Gasteiger partial charge in [-0.3, -0.25) is 29.6 Å². The zero-order valence-electron chi connectivity index (χ0n) is 25.2. The van der Waals surface area contributed by atoms with Crippen molar-refractivity contribution in [3.63, 3.8) is 0 Å². The lowest BCUT2D eigenvalue weighted by Gasteiger charge is -2.25. The number of fused-ring (bicyclic) bond motifs is 1. The number of nitro groups is 2. The Morgan fingerprint density at radius 1 is 1.04 bits per heavy atom. The number of hydrogen-bond acceptors (Lipinski definition) is 11. The van der Waals surface area contributed by atoms with E-state index in [1.54, 1.807) is 68.5 Å². The molecule has 0 aliphatic carbocycles. The lowest BCUT2D eigenvalue weighted by molar-refractivity contribution is -0.394. The van der Waals surface area contributed by atoms with Crippen molar-refractivity contribution in [1.82, 2.24) is 4.57 Å². The van der Waals surface area contributed by atoms with Gasteiger partial charge in [-0.1, -0.05) is 41.7 Å². The van der Waals surface area contributed by atoms with E-state index in [-0.39, 0.29) is 34.3 Å². The Hall–Kier alpha value is -5.63. The average Bonchev–Trinajstić information content (AvgIpc) is 3.31. The number of non-ortho nitro benzene ring substituents is 1. The van der Waals surface area contributed by atoms with Crippen molar-refractivity contribution in [2.75, 3.05) is 6.61 Å². The first-order chi connectivity index (χ1) is 22.0. The molecule has 0 spiro atoms. The quantitative estimate of drug-likeness (QED) is 0.128. The van der Waals surface area contributed by atoms with Crippen LogP contribution in [0.4, 0.5) is 11.4 Å². The first-order valence-corrected chi connectivity index (χ1v) is 15.0. The normalized spacial score (nSPS) is 14.5. The minimum absolute atomic E-state index is 0.0424. The maximum Gasteiger partial charge on any atom is 0.338 e. The molecule has 0 bridgehead atoms. The predicted octanol–water partition coefficient (Wildman–Crippen LogP) is 5.19. The van der Waals surface area contributed by atoms with Gasteiger partial charge in [0.05, 0.1) is 50.5 Å². The molecule has 0 saturated carbocycles. The van der Waals surface area contributed by atoms with Crippen molar-refractivity contribution in [2.24, 2.45) is 4.99 Å². The molecule has 46 heavy (non-hydrogen) atoms. The SMILES string of the molecule is CCOC(=O)C1=C(C)N=c2s/c(=C/c3ccccc3Oc3ccc([N+](=O)[O-])cc3[N+](=O)[O-])c(=O)n2[C@H]1c1ccc(OC(C)C)cc1. The molecular weight excluding hydrogens is 616 g/mol. The number of rotatable bonds is 10. The van der Waals surface area contributed by atoms with E-state index < -0.39 is 38.8 Å². The minimum Gasteiger partial charge on any atom is -0.491 e. The lowest BCUT2D eigenvalue weighted by atomic mass is 9.96. The Bertz CT molecular complexity index is 2060. The van der Waals surface area contributed by atoms with E-state index in [2.05, 4.69) is 4.99 Å². The number of allylic oxidation sites excluding steroid dienone is 1. The van der Waals surface area contributed by atoms with E-state index >= 15 is 0 Å². The van der Waals surface area contributed by atoms with Crippen molar-refractivity contribution in [3.8, 4) is 17.2 Å². The number of para-hydroxylation sites is 1. The van der Waals surface area contributed by atoms with Crippen LogP contribution in [-0.4, -0.2) is 33.1 Å². The van der Waals surface area contributed by atoms with Gasteiger partial charge >= 0.3 is 11.7 Å². The molecule has 2 heterocycles. The molecule has 0 N–H and O–H groups in total. The van der Waals surface area contributed by atoms with Crippen molar-refractivity contribution >= 4 is 34.8 Å². The van der Waals surface area contributed by atoms with E-state index in [0.29, 0.717) is 27.4 Å². The first-order valence-electron chi connectivity index (χ1n) is 14.1. The highest BCUT2D eigenvalue weighted by atomic mass is 32.1. The van der Waals surface area contributed by atoms with Crippen LogP contribution in [0.5, 0.6) is 17.2 Å². The van der Waals surface area contributed by atoms with Crippen molar-refractivity contribution in [1.29, 1.82) is 0 Å². The predicted molar refractivity (Wildman–Crippen MR) is 169 cm³/mol. The summed E-state index contributed by atoms with van der Waals surface area (Å²) < 4.78 is 18.7. The minimum atomic E-state index is -0.834. The molecule has 0 saturated heterocycles. The number of hydrogen-bond donors (Lipinski definition) is 0. The summed E-state index contributed by atoms with van der Waals surface area (Å²) in [5, 5.41) is 22.8. The van der Waals surface area contributed by atoms with Gasteiger partial charge in [0.1, 0.15) is 11.5 Å². The number of benzene rings is 3. The van der Waals surface area contributed by atoms with Crippen LogP contribution in [0.15, 0.2) is 87.8 Å². The van der Waals surface area contributed by atoms with E-state index in [4.69, 9.17) is 14.2 Å². The van der Waals surface area contributed by atoms with E-state index in [0.717, 1.165) is 29.5 Å². The second-order valence-corrected chi connectivity index (χ2v) is 11.4. The third-order valence-corrected chi connectivity index (χ3v) is 7.84. The maximum atomic E-state index is 14.0. The number of nitro benzene ring substituents is 2. The van der Waals surface area contributed by atoms with Crippen molar-refractivity contribution in [3.05, 3.63) is 129 Å². The van der Waals surface area contributed by atoms with Crippen LogP contribution in [0.2, 0.25) is 0 Å². The monoisotopic (exact) mass is 644 g/mol. The fraction of sp³-hybridized carbons (Fsp3) is 0.219. The highest BCUT2D eigenvalue weighted by Crippen LogP contribution is 2.36. The molecule has 14 heteroatoms. The molecule has 0 fully saturated rings. The molecule has 1 aromatic heterocycles. The van der Waals surface area contributed by atoms with Crippen LogP contribution in [0.3, 0.4) is 0 Å². The average molecular weight is 645 g/mol. The van der Waals surface area contributed by atoms with Gasteiger partial charge in [0.25, 0.3) is 11.2 Å². The van der Waals surface area contributed by atoms with Crippen molar-refractivity contribution in [2.45, 2.75) is 39.8 Å². The second-order valence-electron chi connectivity index (χ2n) is 10.3. The molecule has 1 aliphatic heterocycles. The molecule has 13 nitrogen and oxygen atoms in total. The number of ether oxygens (including phenoxy) is 3. The molecule has 1 atom stereocenters. The molecular formula is C32H28N4O9S. The van der Waals surface area contributed by atoms with Gasteiger partial charge in [-0.05, 0) is 63.6 Å². The molecule has 5 rings (SSSR count). The standard InChI is InChI=1S/C32H28N4O9S/c1-5-43-31(38)28-19(4)33-32-34(29(28)20-10-13-23(14-11-20)44-18(2)3)30(37)27(46-32)16-21-8-6-7-9-25(21)45-26-15-12-22(35(39)40)17-24(26)36(41)42/h6-18,29H,5H2,1-4H3/b27-16+/t29-/m0/s1. The Balaban J connectivity index is 1.62. The third kappa shape index (κ3) is 6.42. The number of aromatic nitrogens is 1. The third-order valence-electron chi connectivity index (χ3n) is 6.86. The van der Waals surface area contributed by atoms with Gasteiger partial charge in [-0.15, -0.1) is 0 Å². The van der Waals surface area contributed by atoms with Crippen LogP contribution >= 0.6 is 11.3 Å². The molecule has 3 aromatic carbocycles. The number of thiazole rings is 1. The number of carbonyl (C=O) groups excluding carboxylic acids is 1. The topological polar surface area (TPSA) is 165 Å². The Morgan fingerprint density at radius 2 is 1.76 bits per heavy atom. The zero-order valence-corrected chi connectivity index (χ0v) is 26.0.